The van der Waals surface area contributed by atoms with Crippen LogP contribution in [0, 0.1) is 6.92 Å². The van der Waals surface area contributed by atoms with E-state index in [0.29, 0.717) is 5.56 Å². The summed E-state index contributed by atoms with van der Waals surface area (Å²) in [6, 6.07) is 28.3. The summed E-state index contributed by atoms with van der Waals surface area (Å²) in [5.74, 6) is 2.25. The van der Waals surface area contributed by atoms with Crippen molar-refractivity contribution in [1.82, 2.24) is 0 Å². The number of benzene rings is 4. The molecule has 1 atom stereocenters. The minimum Gasteiger partial charge on any atom is -0.497 e. The number of anilines is 2. The third-order valence-corrected chi connectivity index (χ3v) is 7.65. The second kappa shape index (κ2) is 8.70. The first-order valence-corrected chi connectivity index (χ1v) is 12.8. The normalized spacial score (nSPS) is 17.2. The highest BCUT2D eigenvalue weighted by molar-refractivity contribution is 6.14. The van der Waals surface area contributed by atoms with Gasteiger partial charge in [0, 0.05) is 52.8 Å². The topological polar surface area (TPSA) is 42.0 Å². The van der Waals surface area contributed by atoms with Gasteiger partial charge in [-0.1, -0.05) is 36.4 Å². The fourth-order valence-corrected chi connectivity index (χ4v) is 5.91. The Balaban J connectivity index is 1.70. The smallest absolute Gasteiger partial charge is 0.260 e. The predicted octanol–water partition coefficient (Wildman–Crippen LogP) is 6.91. The Labute approximate surface area is 217 Å². The van der Waals surface area contributed by atoms with Crippen molar-refractivity contribution in [3.63, 3.8) is 0 Å². The van der Waals surface area contributed by atoms with Crippen LogP contribution >= 0.6 is 0 Å². The number of rotatable bonds is 5. The summed E-state index contributed by atoms with van der Waals surface area (Å²) in [6.07, 6.45) is 0. The third kappa shape index (κ3) is 3.27. The van der Waals surface area contributed by atoms with Crippen LogP contribution in [0.5, 0.6) is 17.2 Å². The van der Waals surface area contributed by atoms with E-state index >= 15 is 0 Å². The Morgan fingerprint density at radius 2 is 1.51 bits per heavy atom. The molecule has 2 aliphatic rings. The fourth-order valence-electron chi connectivity index (χ4n) is 5.91. The van der Waals surface area contributed by atoms with E-state index in [4.69, 9.17) is 9.47 Å². The summed E-state index contributed by atoms with van der Waals surface area (Å²) < 4.78 is 12.0. The van der Waals surface area contributed by atoms with Gasteiger partial charge in [0.2, 0.25) is 0 Å². The number of carbonyl (C=O) groups is 1. The van der Waals surface area contributed by atoms with Crippen molar-refractivity contribution in [1.29, 1.82) is 0 Å². The summed E-state index contributed by atoms with van der Waals surface area (Å²) in [5, 5.41) is 0. The first kappa shape index (κ1) is 23.2. The van der Waals surface area contributed by atoms with Crippen LogP contribution in [0.2, 0.25) is 0 Å². The zero-order chi connectivity index (χ0) is 25.7. The van der Waals surface area contributed by atoms with Gasteiger partial charge >= 0.3 is 0 Å². The predicted molar refractivity (Wildman–Crippen MR) is 147 cm³/mol. The average molecular weight is 491 g/mol. The molecule has 1 spiro atoms. The van der Waals surface area contributed by atoms with Crippen LogP contribution in [0.4, 0.5) is 11.4 Å². The lowest BCUT2D eigenvalue weighted by atomic mass is 9.74. The van der Waals surface area contributed by atoms with Gasteiger partial charge in [-0.3, -0.25) is 9.69 Å². The molecule has 5 heteroatoms. The monoisotopic (exact) mass is 490 g/mol. The van der Waals surface area contributed by atoms with Gasteiger partial charge in [-0.05, 0) is 68.8 Å². The minimum atomic E-state index is -0.874. The van der Waals surface area contributed by atoms with E-state index in [1.54, 1.807) is 7.11 Å². The minimum absolute atomic E-state index is 0.0343. The number of nitrogens with zero attached hydrogens (tertiary/aromatic N) is 2. The highest BCUT2D eigenvalue weighted by atomic mass is 16.5. The van der Waals surface area contributed by atoms with E-state index < -0.39 is 5.54 Å². The molecule has 2 aliphatic heterocycles. The maximum absolute atomic E-state index is 14.2. The summed E-state index contributed by atoms with van der Waals surface area (Å²) in [5.41, 5.74) is 5.69. The van der Waals surface area contributed by atoms with E-state index in [1.807, 2.05) is 47.4 Å². The van der Waals surface area contributed by atoms with E-state index in [0.717, 1.165) is 64.0 Å². The maximum atomic E-state index is 14.2. The van der Waals surface area contributed by atoms with E-state index in [-0.39, 0.29) is 5.91 Å². The third-order valence-electron chi connectivity index (χ3n) is 7.65. The summed E-state index contributed by atoms with van der Waals surface area (Å²) in [4.78, 5) is 18.5. The van der Waals surface area contributed by atoms with Crippen molar-refractivity contribution >= 4 is 17.3 Å². The van der Waals surface area contributed by atoms with E-state index in [2.05, 4.69) is 68.1 Å². The van der Waals surface area contributed by atoms with Gasteiger partial charge in [-0.2, -0.15) is 0 Å². The summed E-state index contributed by atoms with van der Waals surface area (Å²) >= 11 is 0. The van der Waals surface area contributed by atoms with Gasteiger partial charge in [-0.25, -0.2) is 0 Å². The molecule has 0 saturated heterocycles. The van der Waals surface area contributed by atoms with Crippen LogP contribution in [0.15, 0.2) is 84.9 Å². The van der Waals surface area contributed by atoms with E-state index in [1.165, 1.54) is 0 Å². The second-order valence-corrected chi connectivity index (χ2v) is 9.55. The molecule has 186 valence electrons. The molecule has 0 N–H and O–H groups in total. The van der Waals surface area contributed by atoms with Crippen LogP contribution in [0.1, 0.15) is 46.5 Å². The number of amides is 1. The van der Waals surface area contributed by atoms with Crippen LogP contribution in [-0.4, -0.2) is 26.1 Å². The van der Waals surface area contributed by atoms with Gasteiger partial charge in [0.25, 0.3) is 5.91 Å². The lowest BCUT2D eigenvalue weighted by molar-refractivity contribution is 0.0985. The molecule has 0 aliphatic carbocycles. The molecule has 0 fully saturated rings. The fraction of sp³-hybridized carbons (Fsp3) is 0.219. The van der Waals surface area contributed by atoms with Crippen LogP contribution < -0.4 is 19.3 Å². The molecule has 4 aromatic rings. The molecule has 2 heterocycles. The molecule has 37 heavy (non-hydrogen) atoms. The molecule has 5 nitrogen and oxygen atoms in total. The number of ether oxygens (including phenoxy) is 2. The zero-order valence-corrected chi connectivity index (χ0v) is 21.6. The molecular formula is C32H30N2O3. The lowest BCUT2D eigenvalue weighted by Crippen LogP contribution is -2.47. The Kier molecular flexibility index (Phi) is 5.45. The molecule has 0 radical (unpaired) electrons. The standard InChI is InChI=1S/C32H30N2O3/c1-5-33(6-2)23-14-18-28-30(20-23)37-29-19-21(3)11-17-27(29)32(28)26-10-8-7-9-25(26)31(35)34(32)22-12-15-24(36-4)16-13-22/h7-20H,5-6H2,1-4H3. The molecular weight excluding hydrogens is 460 g/mol. The van der Waals surface area contributed by atoms with Crippen LogP contribution in [0.3, 0.4) is 0 Å². The highest BCUT2D eigenvalue weighted by Gasteiger charge is 2.56. The van der Waals surface area contributed by atoms with Crippen LogP contribution in [0.25, 0.3) is 0 Å². The van der Waals surface area contributed by atoms with Gasteiger partial charge in [0.1, 0.15) is 22.8 Å². The number of aryl methyl sites for hydroxylation is 1. The Hall–Kier alpha value is -4.25. The molecule has 0 bridgehead atoms. The van der Waals surface area contributed by atoms with Crippen LogP contribution in [-0.2, 0) is 5.54 Å². The molecule has 6 rings (SSSR count). The molecule has 1 unspecified atom stereocenters. The number of fused-ring (bicyclic) bond motifs is 6. The van der Waals surface area contributed by atoms with Gasteiger partial charge < -0.3 is 14.4 Å². The van der Waals surface area contributed by atoms with Gasteiger partial charge in [-0.15, -0.1) is 0 Å². The molecule has 4 aromatic carbocycles. The summed E-state index contributed by atoms with van der Waals surface area (Å²) in [6.45, 7) is 8.17. The zero-order valence-electron chi connectivity index (χ0n) is 21.6. The van der Waals surface area contributed by atoms with Crippen molar-refractivity contribution in [2.45, 2.75) is 26.3 Å². The van der Waals surface area contributed by atoms with E-state index in [9.17, 15) is 4.79 Å². The van der Waals surface area contributed by atoms with Crippen molar-refractivity contribution in [3.8, 4) is 17.2 Å². The second-order valence-electron chi connectivity index (χ2n) is 9.55. The Morgan fingerprint density at radius 3 is 2.22 bits per heavy atom. The Bertz CT molecular complexity index is 1510. The van der Waals surface area contributed by atoms with Crippen molar-refractivity contribution in [3.05, 3.63) is 113 Å². The first-order valence-electron chi connectivity index (χ1n) is 12.8. The SMILES string of the molecule is CCN(CC)c1ccc2c(c1)Oc1cc(C)ccc1C21c2ccccc2C(=O)N1c1ccc(OC)cc1. The number of hydrogen-bond acceptors (Lipinski definition) is 4. The highest BCUT2D eigenvalue weighted by Crippen LogP contribution is 2.59. The van der Waals surface area contributed by atoms with Gasteiger partial charge in [0.15, 0.2) is 0 Å². The van der Waals surface area contributed by atoms with Crippen molar-refractivity contribution < 1.29 is 14.3 Å². The Morgan fingerprint density at radius 1 is 0.838 bits per heavy atom. The molecule has 0 aromatic heterocycles. The van der Waals surface area contributed by atoms with Gasteiger partial charge in [0.05, 0.1) is 7.11 Å². The maximum Gasteiger partial charge on any atom is 0.260 e. The molecule has 0 saturated carbocycles. The number of hydrogen-bond donors (Lipinski definition) is 0. The first-order chi connectivity index (χ1) is 18.0. The largest absolute Gasteiger partial charge is 0.497 e. The number of methoxy groups -OCH3 is 1. The summed E-state index contributed by atoms with van der Waals surface area (Å²) in [7, 11) is 1.65. The quantitative estimate of drug-likeness (QED) is 0.305. The molecule has 1 amide bonds. The van der Waals surface area contributed by atoms with Crippen molar-refractivity contribution in [2.75, 3.05) is 30.0 Å². The van der Waals surface area contributed by atoms with Crippen molar-refractivity contribution in [2.24, 2.45) is 0 Å². The lowest BCUT2D eigenvalue weighted by Gasteiger charge is -2.44. The number of carbonyl (C=O) groups excluding carboxylic acids is 1. The average Bonchev–Trinajstić information content (AvgIpc) is 3.18.